The van der Waals surface area contributed by atoms with Gasteiger partial charge in [0.05, 0.1) is 5.69 Å². The van der Waals surface area contributed by atoms with E-state index in [1.807, 2.05) is 0 Å². The van der Waals surface area contributed by atoms with Crippen LogP contribution in [0.25, 0.3) is 4.96 Å². The molecule has 18 heavy (non-hydrogen) atoms. The molecule has 1 fully saturated rings. The van der Waals surface area contributed by atoms with Crippen LogP contribution in [0.2, 0.25) is 0 Å². The van der Waals surface area contributed by atoms with E-state index in [4.69, 9.17) is 5.73 Å². The number of thiazole rings is 1. The molecular weight excluding hydrogens is 242 g/mol. The number of fused-ring (bicyclic) bond motifs is 1. The lowest BCUT2D eigenvalue weighted by molar-refractivity contribution is 0.160. The number of nitrogens with two attached hydrogens (primary N) is 1. The Morgan fingerprint density at radius 1 is 1.50 bits per heavy atom. The third-order valence-corrected chi connectivity index (χ3v) is 5.23. The summed E-state index contributed by atoms with van der Waals surface area (Å²) in [5.74, 6) is 1.34. The SMILES string of the molecule is CC1CCC(C)C(N)(Cc2cn3ccsc3n2)C1. The monoisotopic (exact) mass is 263 g/mol. The maximum atomic E-state index is 6.67. The molecule has 2 N–H and O–H groups in total. The van der Waals surface area contributed by atoms with Crippen LogP contribution in [0.3, 0.4) is 0 Å². The summed E-state index contributed by atoms with van der Waals surface area (Å²) in [7, 11) is 0. The number of hydrogen-bond donors (Lipinski definition) is 1. The fourth-order valence-electron chi connectivity index (χ4n) is 3.22. The van der Waals surface area contributed by atoms with E-state index < -0.39 is 0 Å². The third-order valence-electron chi connectivity index (χ3n) is 4.46. The van der Waals surface area contributed by atoms with Crippen LogP contribution in [0.4, 0.5) is 0 Å². The molecule has 1 aliphatic rings. The molecule has 2 heterocycles. The Labute approximate surface area is 112 Å². The maximum absolute atomic E-state index is 6.67. The van der Waals surface area contributed by atoms with Gasteiger partial charge >= 0.3 is 0 Å². The summed E-state index contributed by atoms with van der Waals surface area (Å²) >= 11 is 1.68. The van der Waals surface area contributed by atoms with Gasteiger partial charge in [-0.1, -0.05) is 20.3 Å². The van der Waals surface area contributed by atoms with Crippen molar-refractivity contribution in [3.05, 3.63) is 23.5 Å². The molecule has 4 heteroatoms. The van der Waals surface area contributed by atoms with Crippen molar-refractivity contribution in [1.29, 1.82) is 0 Å². The third kappa shape index (κ3) is 2.08. The molecule has 3 atom stereocenters. The van der Waals surface area contributed by atoms with Crippen molar-refractivity contribution < 1.29 is 0 Å². The lowest BCUT2D eigenvalue weighted by Crippen LogP contribution is -2.51. The maximum Gasteiger partial charge on any atom is 0.193 e. The van der Waals surface area contributed by atoms with E-state index >= 15 is 0 Å². The molecule has 0 aromatic carbocycles. The Hall–Kier alpha value is -0.870. The summed E-state index contributed by atoms with van der Waals surface area (Å²) in [5, 5.41) is 2.07. The van der Waals surface area contributed by atoms with Crippen LogP contribution in [0.15, 0.2) is 17.8 Å². The zero-order chi connectivity index (χ0) is 12.8. The Bertz CT molecular complexity index is 515. The van der Waals surface area contributed by atoms with Crippen molar-refractivity contribution in [3.63, 3.8) is 0 Å². The predicted molar refractivity (Wildman–Crippen MR) is 75.9 cm³/mol. The molecule has 2 aromatic rings. The van der Waals surface area contributed by atoms with Gasteiger partial charge in [0.25, 0.3) is 0 Å². The molecule has 3 rings (SSSR count). The number of aromatic nitrogens is 2. The number of imidazole rings is 1. The fourth-order valence-corrected chi connectivity index (χ4v) is 3.94. The first-order valence-electron chi connectivity index (χ1n) is 6.77. The van der Waals surface area contributed by atoms with Gasteiger partial charge in [-0.05, 0) is 24.7 Å². The van der Waals surface area contributed by atoms with Crippen molar-refractivity contribution in [2.45, 2.75) is 45.1 Å². The van der Waals surface area contributed by atoms with Gasteiger partial charge in [0.2, 0.25) is 0 Å². The average Bonchev–Trinajstić information content (AvgIpc) is 2.84. The molecule has 0 saturated heterocycles. The van der Waals surface area contributed by atoms with E-state index in [1.54, 1.807) is 11.3 Å². The highest BCUT2D eigenvalue weighted by molar-refractivity contribution is 7.15. The highest BCUT2D eigenvalue weighted by Gasteiger charge is 2.37. The van der Waals surface area contributed by atoms with Crippen LogP contribution in [-0.4, -0.2) is 14.9 Å². The molecule has 0 amide bonds. The summed E-state index contributed by atoms with van der Waals surface area (Å²) in [6.45, 7) is 4.61. The van der Waals surface area contributed by atoms with E-state index in [-0.39, 0.29) is 5.54 Å². The minimum absolute atomic E-state index is 0.0678. The lowest BCUT2D eigenvalue weighted by atomic mass is 9.68. The van der Waals surface area contributed by atoms with Crippen molar-refractivity contribution >= 4 is 16.3 Å². The lowest BCUT2D eigenvalue weighted by Gasteiger charge is -2.42. The summed E-state index contributed by atoms with van der Waals surface area (Å²) < 4.78 is 2.10. The quantitative estimate of drug-likeness (QED) is 0.904. The first-order chi connectivity index (χ1) is 8.57. The normalized spacial score (nSPS) is 33.1. The molecule has 2 aromatic heterocycles. The standard InChI is InChI=1S/C14H21N3S/c1-10-3-4-11(2)14(15,7-10)8-12-9-17-5-6-18-13(17)16-12/h5-6,9-11H,3-4,7-8,15H2,1-2H3. The van der Waals surface area contributed by atoms with E-state index in [1.165, 1.54) is 12.8 Å². The molecule has 98 valence electrons. The van der Waals surface area contributed by atoms with Gasteiger partial charge < -0.3 is 5.73 Å². The average molecular weight is 263 g/mol. The van der Waals surface area contributed by atoms with E-state index in [9.17, 15) is 0 Å². The highest BCUT2D eigenvalue weighted by Crippen LogP contribution is 2.37. The number of rotatable bonds is 2. The summed E-state index contributed by atoms with van der Waals surface area (Å²) in [5.41, 5.74) is 7.75. The summed E-state index contributed by atoms with van der Waals surface area (Å²) in [6.07, 6.45) is 8.80. The molecular formula is C14H21N3S. The van der Waals surface area contributed by atoms with Crippen molar-refractivity contribution in [1.82, 2.24) is 9.38 Å². The van der Waals surface area contributed by atoms with E-state index in [2.05, 4.69) is 41.0 Å². The molecule has 0 aliphatic heterocycles. The van der Waals surface area contributed by atoms with Crippen LogP contribution in [-0.2, 0) is 6.42 Å². The van der Waals surface area contributed by atoms with Gasteiger partial charge in [-0.15, -0.1) is 11.3 Å². The van der Waals surface area contributed by atoms with Gasteiger partial charge in [0.1, 0.15) is 0 Å². The molecule has 0 radical (unpaired) electrons. The second-order valence-corrected chi connectivity index (χ2v) is 6.90. The van der Waals surface area contributed by atoms with E-state index in [0.717, 1.165) is 29.4 Å². The number of nitrogens with zero attached hydrogens (tertiary/aromatic N) is 2. The van der Waals surface area contributed by atoms with Crippen molar-refractivity contribution in [2.24, 2.45) is 17.6 Å². The van der Waals surface area contributed by atoms with Crippen LogP contribution >= 0.6 is 11.3 Å². The smallest absolute Gasteiger partial charge is 0.193 e. The molecule has 1 saturated carbocycles. The zero-order valence-electron chi connectivity index (χ0n) is 11.1. The van der Waals surface area contributed by atoms with Crippen LogP contribution in [0, 0.1) is 11.8 Å². The van der Waals surface area contributed by atoms with Crippen LogP contribution in [0.5, 0.6) is 0 Å². The van der Waals surface area contributed by atoms with Gasteiger partial charge in [-0.3, -0.25) is 4.40 Å². The Balaban J connectivity index is 1.83. The largest absolute Gasteiger partial charge is 0.324 e. The van der Waals surface area contributed by atoms with Gasteiger partial charge in [-0.2, -0.15) is 0 Å². The van der Waals surface area contributed by atoms with Crippen molar-refractivity contribution in [2.75, 3.05) is 0 Å². The molecule has 0 spiro atoms. The molecule has 1 aliphatic carbocycles. The van der Waals surface area contributed by atoms with Gasteiger partial charge in [0, 0.05) is 29.7 Å². The minimum Gasteiger partial charge on any atom is -0.324 e. The van der Waals surface area contributed by atoms with Crippen LogP contribution in [0.1, 0.15) is 38.8 Å². The van der Waals surface area contributed by atoms with Gasteiger partial charge in [0.15, 0.2) is 4.96 Å². The Kier molecular flexibility index (Phi) is 2.94. The first-order valence-corrected chi connectivity index (χ1v) is 7.65. The van der Waals surface area contributed by atoms with Crippen LogP contribution < -0.4 is 5.73 Å². The molecule has 3 unspecified atom stereocenters. The Morgan fingerprint density at radius 3 is 3.11 bits per heavy atom. The summed E-state index contributed by atoms with van der Waals surface area (Å²) in [6, 6.07) is 0. The van der Waals surface area contributed by atoms with Gasteiger partial charge in [-0.25, -0.2) is 4.98 Å². The molecule has 3 nitrogen and oxygen atoms in total. The first kappa shape index (κ1) is 12.2. The van der Waals surface area contributed by atoms with E-state index in [0.29, 0.717) is 5.92 Å². The highest BCUT2D eigenvalue weighted by atomic mass is 32.1. The fraction of sp³-hybridized carbons (Fsp3) is 0.643. The topological polar surface area (TPSA) is 43.3 Å². The number of hydrogen-bond acceptors (Lipinski definition) is 3. The minimum atomic E-state index is -0.0678. The van der Waals surface area contributed by atoms with Crippen molar-refractivity contribution in [3.8, 4) is 0 Å². The second kappa shape index (κ2) is 4.35. The second-order valence-electron chi connectivity index (χ2n) is 6.02. The zero-order valence-corrected chi connectivity index (χ0v) is 11.9. The Morgan fingerprint density at radius 2 is 2.33 bits per heavy atom. The molecule has 0 bridgehead atoms. The predicted octanol–water partition coefficient (Wildman–Crippen LogP) is 3.09. The summed E-state index contributed by atoms with van der Waals surface area (Å²) in [4.78, 5) is 5.75.